The van der Waals surface area contributed by atoms with Crippen molar-refractivity contribution in [3.63, 3.8) is 0 Å². The molecule has 176 valence electrons. The van der Waals surface area contributed by atoms with Gasteiger partial charge in [0.25, 0.3) is 11.6 Å². The van der Waals surface area contributed by atoms with Crippen LogP contribution in [-0.4, -0.2) is 37.5 Å². The molecule has 1 amide bonds. The molecule has 0 bridgehead atoms. The molecule has 5 heterocycles. The Morgan fingerprint density at radius 3 is 2.94 bits per heavy atom. The maximum Gasteiger partial charge on any atom is 0.259 e. The molecule has 6 rings (SSSR count). The number of nitrogens with zero attached hydrogens (tertiary/aromatic N) is 4. The molecule has 0 radical (unpaired) electrons. The van der Waals surface area contributed by atoms with Crippen molar-refractivity contribution in [2.75, 3.05) is 6.54 Å². The lowest BCUT2D eigenvalue weighted by Gasteiger charge is -2.34. The van der Waals surface area contributed by atoms with Gasteiger partial charge in [-0.05, 0) is 56.5 Å². The molecular weight excluding hydrogens is 449 g/mol. The number of rotatable bonds is 4. The maximum atomic E-state index is 14.0. The minimum atomic E-state index is -0.314. The molecule has 8 nitrogen and oxygen atoms in total. The Balaban J connectivity index is 1.39. The zero-order valence-corrected chi connectivity index (χ0v) is 19.0. The summed E-state index contributed by atoms with van der Waals surface area (Å²) in [5.74, 6) is 0.753. The highest BCUT2D eigenvalue weighted by Gasteiger charge is 2.33. The average Bonchev–Trinajstić information content (AvgIpc) is 3.65. The van der Waals surface area contributed by atoms with Crippen LogP contribution in [0.15, 0.2) is 63.9 Å². The molecule has 0 saturated carbocycles. The van der Waals surface area contributed by atoms with Crippen molar-refractivity contribution in [1.29, 1.82) is 0 Å². The van der Waals surface area contributed by atoms with Gasteiger partial charge in [0.05, 0.1) is 40.8 Å². The monoisotopic (exact) mass is 471 g/mol. The van der Waals surface area contributed by atoms with Gasteiger partial charge in [0, 0.05) is 12.1 Å². The number of hydrogen-bond acceptors (Lipinski definition) is 6. The number of aromatic nitrogens is 4. The number of furan rings is 1. The van der Waals surface area contributed by atoms with E-state index in [1.54, 1.807) is 43.6 Å². The molecule has 1 aliphatic rings. The largest absolute Gasteiger partial charge is 0.463 e. The predicted octanol–water partition coefficient (Wildman–Crippen LogP) is 5.69. The minimum absolute atomic E-state index is 0.148. The van der Waals surface area contributed by atoms with Crippen molar-refractivity contribution in [1.82, 2.24) is 25.0 Å². The van der Waals surface area contributed by atoms with Gasteiger partial charge in [-0.3, -0.25) is 4.79 Å². The zero-order valence-electron chi connectivity index (χ0n) is 19.0. The van der Waals surface area contributed by atoms with Gasteiger partial charge in [-0.15, -0.1) is 0 Å². The number of amides is 1. The van der Waals surface area contributed by atoms with Crippen LogP contribution in [0, 0.1) is 12.7 Å². The number of aryl methyl sites for hydroxylation is 1. The third kappa shape index (κ3) is 3.78. The Bertz CT molecular complexity index is 1520. The van der Waals surface area contributed by atoms with E-state index in [2.05, 4.69) is 20.1 Å². The van der Waals surface area contributed by atoms with Crippen LogP contribution in [0.5, 0.6) is 0 Å². The molecule has 5 aromatic rings. The van der Waals surface area contributed by atoms with E-state index in [9.17, 15) is 9.18 Å². The number of imidazole rings is 1. The summed E-state index contributed by atoms with van der Waals surface area (Å²) in [4.78, 5) is 28.2. The molecule has 4 aromatic heterocycles. The van der Waals surface area contributed by atoms with Crippen molar-refractivity contribution >= 4 is 17.0 Å². The minimum Gasteiger partial charge on any atom is -0.463 e. The summed E-state index contributed by atoms with van der Waals surface area (Å²) in [5, 5.41) is 4.63. The van der Waals surface area contributed by atoms with Gasteiger partial charge < -0.3 is 18.8 Å². The molecule has 35 heavy (non-hydrogen) atoms. The Hall–Kier alpha value is -4.27. The number of aromatic amines is 1. The van der Waals surface area contributed by atoms with E-state index in [0.717, 1.165) is 19.3 Å². The summed E-state index contributed by atoms with van der Waals surface area (Å²) < 4.78 is 24.7. The standard InChI is InChI=1S/C26H22FN5O3/c1-15-23-18(13-19(22-9-5-11-34-22)30-25(23)35-31-15)26(33)32-10-3-2-8-21(32)24-28-14-20(29-24)16-6-4-7-17(27)12-16/h4-7,9,11-14,21H,2-3,8,10H2,1H3,(H,28,29)/t21-/m1/s1. The van der Waals surface area contributed by atoms with Gasteiger partial charge in [0.15, 0.2) is 5.76 Å². The van der Waals surface area contributed by atoms with Crippen LogP contribution in [-0.2, 0) is 0 Å². The third-order valence-electron chi connectivity index (χ3n) is 6.43. The van der Waals surface area contributed by atoms with E-state index in [0.29, 0.717) is 57.4 Å². The maximum absolute atomic E-state index is 14.0. The third-order valence-corrected chi connectivity index (χ3v) is 6.43. The van der Waals surface area contributed by atoms with E-state index in [4.69, 9.17) is 8.94 Å². The highest BCUT2D eigenvalue weighted by Crippen LogP contribution is 2.35. The van der Waals surface area contributed by atoms with E-state index >= 15 is 0 Å². The van der Waals surface area contributed by atoms with Crippen LogP contribution >= 0.6 is 0 Å². The van der Waals surface area contributed by atoms with Gasteiger partial charge in [-0.2, -0.15) is 0 Å². The van der Waals surface area contributed by atoms with E-state index in [1.165, 1.54) is 12.1 Å². The highest BCUT2D eigenvalue weighted by molar-refractivity contribution is 6.07. The number of carbonyl (C=O) groups is 1. The van der Waals surface area contributed by atoms with E-state index in [1.807, 2.05) is 11.0 Å². The Labute approximate surface area is 199 Å². The fourth-order valence-electron chi connectivity index (χ4n) is 4.74. The van der Waals surface area contributed by atoms with Crippen molar-refractivity contribution in [3.05, 3.63) is 77.8 Å². The molecule has 9 heteroatoms. The molecule has 0 spiro atoms. The van der Waals surface area contributed by atoms with Crippen LogP contribution in [0.2, 0.25) is 0 Å². The van der Waals surface area contributed by atoms with Crippen LogP contribution in [0.25, 0.3) is 33.8 Å². The summed E-state index contributed by atoms with van der Waals surface area (Å²) in [6.07, 6.45) is 5.87. The fourth-order valence-corrected chi connectivity index (χ4v) is 4.74. The quantitative estimate of drug-likeness (QED) is 0.361. The lowest BCUT2D eigenvalue weighted by molar-refractivity contribution is 0.0603. The Kier molecular flexibility index (Phi) is 5.17. The number of H-pyrrole nitrogens is 1. The second-order valence-electron chi connectivity index (χ2n) is 8.68. The van der Waals surface area contributed by atoms with Crippen molar-refractivity contribution in [2.45, 2.75) is 32.2 Å². The number of likely N-dealkylation sites (tertiary alicyclic amines) is 1. The molecular formula is C26H22FN5O3. The van der Waals surface area contributed by atoms with Crippen LogP contribution in [0.1, 0.15) is 47.2 Å². The molecule has 0 unspecified atom stereocenters. The van der Waals surface area contributed by atoms with Crippen LogP contribution in [0.3, 0.4) is 0 Å². The number of hydrogen-bond donors (Lipinski definition) is 1. The number of halogens is 1. The van der Waals surface area contributed by atoms with E-state index in [-0.39, 0.29) is 17.8 Å². The normalized spacial score (nSPS) is 16.2. The fraction of sp³-hybridized carbons (Fsp3) is 0.231. The Morgan fingerprint density at radius 1 is 1.20 bits per heavy atom. The first kappa shape index (κ1) is 21.3. The average molecular weight is 471 g/mol. The first-order chi connectivity index (χ1) is 17.1. The summed E-state index contributed by atoms with van der Waals surface area (Å²) in [5.41, 5.74) is 3.27. The number of piperidine rings is 1. The summed E-state index contributed by atoms with van der Waals surface area (Å²) in [7, 11) is 0. The lowest BCUT2D eigenvalue weighted by atomic mass is 9.99. The molecule has 1 aromatic carbocycles. The number of nitrogens with one attached hydrogen (secondary N) is 1. The van der Waals surface area contributed by atoms with Gasteiger partial charge in [-0.25, -0.2) is 14.4 Å². The second kappa shape index (κ2) is 8.50. The number of pyridine rings is 1. The number of benzene rings is 1. The first-order valence-corrected chi connectivity index (χ1v) is 11.5. The second-order valence-corrected chi connectivity index (χ2v) is 8.68. The summed E-state index contributed by atoms with van der Waals surface area (Å²) in [6.45, 7) is 2.38. The van der Waals surface area contributed by atoms with Crippen molar-refractivity contribution in [3.8, 4) is 22.7 Å². The van der Waals surface area contributed by atoms with Crippen molar-refractivity contribution < 1.29 is 18.1 Å². The zero-order chi connectivity index (χ0) is 23.9. The molecule has 1 atom stereocenters. The smallest absolute Gasteiger partial charge is 0.259 e. The first-order valence-electron chi connectivity index (χ1n) is 11.5. The van der Waals surface area contributed by atoms with Gasteiger partial charge >= 0.3 is 0 Å². The van der Waals surface area contributed by atoms with Crippen LogP contribution < -0.4 is 0 Å². The summed E-state index contributed by atoms with van der Waals surface area (Å²) in [6, 6.07) is 11.4. The predicted molar refractivity (Wildman–Crippen MR) is 126 cm³/mol. The number of fused-ring (bicyclic) bond motifs is 1. The molecule has 0 aliphatic carbocycles. The van der Waals surface area contributed by atoms with Gasteiger partial charge in [-0.1, -0.05) is 17.3 Å². The van der Waals surface area contributed by atoms with Crippen molar-refractivity contribution in [2.24, 2.45) is 0 Å². The molecule has 1 fully saturated rings. The van der Waals surface area contributed by atoms with Gasteiger partial charge in [0.1, 0.15) is 17.3 Å². The SMILES string of the molecule is Cc1noc2nc(-c3ccco3)cc(C(=O)N3CCCC[C@@H]3c3ncc(-c4cccc(F)c4)[nH]3)c12. The van der Waals surface area contributed by atoms with Crippen LogP contribution in [0.4, 0.5) is 4.39 Å². The van der Waals surface area contributed by atoms with E-state index < -0.39 is 0 Å². The van der Waals surface area contributed by atoms with Gasteiger partial charge in [0.2, 0.25) is 0 Å². The summed E-state index contributed by atoms with van der Waals surface area (Å²) >= 11 is 0. The lowest BCUT2D eigenvalue weighted by Crippen LogP contribution is -2.39. The molecule has 1 saturated heterocycles. The highest BCUT2D eigenvalue weighted by atomic mass is 19.1. The molecule has 1 N–H and O–H groups in total. The Morgan fingerprint density at radius 2 is 2.11 bits per heavy atom. The topological polar surface area (TPSA) is 101 Å². The molecule has 1 aliphatic heterocycles. The number of carbonyl (C=O) groups excluding carboxylic acids is 1.